The summed E-state index contributed by atoms with van der Waals surface area (Å²) in [6, 6.07) is 14.0. The SMILES string of the molecule is O=C(/C=C/c1ccc(Cl)cc1Cl)Nc1ccc2oc(-c3ccncc3)nc2c1. The van der Waals surface area contributed by atoms with Gasteiger partial charge in [0.05, 0.1) is 0 Å². The van der Waals surface area contributed by atoms with E-state index >= 15 is 0 Å². The molecule has 0 spiro atoms. The van der Waals surface area contributed by atoms with Crippen LogP contribution in [0.3, 0.4) is 0 Å². The molecule has 0 fully saturated rings. The van der Waals surface area contributed by atoms with Gasteiger partial charge < -0.3 is 9.73 Å². The number of fused-ring (bicyclic) bond motifs is 1. The molecule has 2 aromatic heterocycles. The van der Waals surface area contributed by atoms with Gasteiger partial charge in [0, 0.05) is 39.8 Å². The number of aromatic nitrogens is 2. The molecule has 1 amide bonds. The molecule has 0 aliphatic rings. The Balaban J connectivity index is 1.51. The Morgan fingerprint density at radius 1 is 1.04 bits per heavy atom. The van der Waals surface area contributed by atoms with Crippen molar-refractivity contribution in [1.29, 1.82) is 0 Å². The standard InChI is InChI=1S/C21H13Cl2N3O2/c22-15-3-1-13(17(23)11-15)2-6-20(27)25-16-4-5-19-18(12-16)26-21(28-19)14-7-9-24-10-8-14/h1-12H,(H,25,27)/b6-2+. The lowest BCUT2D eigenvalue weighted by Gasteiger charge is -2.02. The van der Waals surface area contributed by atoms with Gasteiger partial charge in [-0.1, -0.05) is 29.3 Å². The minimum Gasteiger partial charge on any atom is -0.436 e. The molecular formula is C21H13Cl2N3O2. The zero-order valence-corrected chi connectivity index (χ0v) is 15.9. The summed E-state index contributed by atoms with van der Waals surface area (Å²) in [6.07, 6.45) is 6.39. The number of nitrogens with one attached hydrogen (secondary N) is 1. The minimum atomic E-state index is -0.289. The predicted molar refractivity (Wildman–Crippen MR) is 111 cm³/mol. The summed E-state index contributed by atoms with van der Waals surface area (Å²) in [5.74, 6) is 0.210. The van der Waals surface area contributed by atoms with Crippen LogP contribution >= 0.6 is 23.2 Å². The monoisotopic (exact) mass is 409 g/mol. The number of anilines is 1. The van der Waals surface area contributed by atoms with Gasteiger partial charge in [-0.05, 0) is 54.1 Å². The lowest BCUT2D eigenvalue weighted by Crippen LogP contribution is -2.07. The Morgan fingerprint density at radius 3 is 2.64 bits per heavy atom. The molecule has 0 radical (unpaired) electrons. The largest absolute Gasteiger partial charge is 0.436 e. The number of hydrogen-bond donors (Lipinski definition) is 1. The molecule has 0 aliphatic carbocycles. The van der Waals surface area contributed by atoms with E-state index in [-0.39, 0.29) is 5.91 Å². The van der Waals surface area contributed by atoms with Crippen LogP contribution in [0.25, 0.3) is 28.6 Å². The fourth-order valence-corrected chi connectivity index (χ4v) is 3.08. The van der Waals surface area contributed by atoms with Gasteiger partial charge in [0.2, 0.25) is 11.8 Å². The number of nitrogens with zero attached hydrogens (tertiary/aromatic N) is 2. The van der Waals surface area contributed by atoms with Gasteiger partial charge >= 0.3 is 0 Å². The lowest BCUT2D eigenvalue weighted by atomic mass is 10.2. The average molecular weight is 410 g/mol. The van der Waals surface area contributed by atoms with Crippen LogP contribution in [0.1, 0.15) is 5.56 Å². The molecule has 0 unspecified atom stereocenters. The number of hydrogen-bond acceptors (Lipinski definition) is 4. The summed E-state index contributed by atoms with van der Waals surface area (Å²) in [6.45, 7) is 0. The maximum atomic E-state index is 12.2. The first-order valence-electron chi connectivity index (χ1n) is 8.33. The highest BCUT2D eigenvalue weighted by Crippen LogP contribution is 2.26. The Hall–Kier alpha value is -3.15. The summed E-state index contributed by atoms with van der Waals surface area (Å²) in [7, 11) is 0. The van der Waals surface area contributed by atoms with E-state index < -0.39 is 0 Å². The van der Waals surface area contributed by atoms with Crippen molar-refractivity contribution in [2.24, 2.45) is 0 Å². The van der Waals surface area contributed by atoms with Crippen LogP contribution < -0.4 is 5.32 Å². The average Bonchev–Trinajstić information content (AvgIpc) is 3.11. The van der Waals surface area contributed by atoms with E-state index in [1.807, 2.05) is 12.1 Å². The number of benzene rings is 2. The van der Waals surface area contributed by atoms with Crippen LogP contribution in [-0.2, 0) is 4.79 Å². The first kappa shape index (κ1) is 18.2. The fourth-order valence-electron chi connectivity index (χ4n) is 2.61. The number of pyridine rings is 1. The highest BCUT2D eigenvalue weighted by Gasteiger charge is 2.09. The van der Waals surface area contributed by atoms with E-state index in [0.29, 0.717) is 38.3 Å². The summed E-state index contributed by atoms with van der Waals surface area (Å²) in [5, 5.41) is 3.81. The Bertz CT molecular complexity index is 1190. The maximum absolute atomic E-state index is 12.2. The van der Waals surface area contributed by atoms with Crippen molar-refractivity contribution >= 4 is 52.0 Å². The van der Waals surface area contributed by atoms with Crippen molar-refractivity contribution in [2.75, 3.05) is 5.32 Å². The van der Waals surface area contributed by atoms with E-state index in [0.717, 1.165) is 5.56 Å². The Labute approximate surface area is 170 Å². The number of carbonyl (C=O) groups excluding carboxylic acids is 1. The van der Waals surface area contributed by atoms with Gasteiger partial charge in [0.25, 0.3) is 0 Å². The Kier molecular flexibility index (Phi) is 5.10. The third-order valence-electron chi connectivity index (χ3n) is 3.96. The van der Waals surface area contributed by atoms with Crippen molar-refractivity contribution in [3.8, 4) is 11.5 Å². The van der Waals surface area contributed by atoms with E-state index in [1.54, 1.807) is 54.9 Å². The van der Waals surface area contributed by atoms with E-state index in [4.69, 9.17) is 27.6 Å². The van der Waals surface area contributed by atoms with Crippen molar-refractivity contribution in [2.45, 2.75) is 0 Å². The second kappa shape index (κ2) is 7.84. The maximum Gasteiger partial charge on any atom is 0.248 e. The first-order chi connectivity index (χ1) is 13.6. The molecule has 0 atom stereocenters. The minimum absolute atomic E-state index is 0.289. The zero-order chi connectivity index (χ0) is 19.5. The molecule has 0 saturated carbocycles. The smallest absolute Gasteiger partial charge is 0.248 e. The lowest BCUT2D eigenvalue weighted by molar-refractivity contribution is -0.111. The molecule has 138 valence electrons. The van der Waals surface area contributed by atoms with Crippen molar-refractivity contribution in [3.63, 3.8) is 0 Å². The Morgan fingerprint density at radius 2 is 1.86 bits per heavy atom. The van der Waals surface area contributed by atoms with Gasteiger partial charge in [-0.2, -0.15) is 0 Å². The first-order valence-corrected chi connectivity index (χ1v) is 9.09. The summed E-state index contributed by atoms with van der Waals surface area (Å²) < 4.78 is 5.75. The van der Waals surface area contributed by atoms with Gasteiger partial charge in [0.1, 0.15) is 5.52 Å². The number of carbonyl (C=O) groups is 1. The highest BCUT2D eigenvalue weighted by molar-refractivity contribution is 6.35. The molecule has 5 nitrogen and oxygen atoms in total. The molecule has 0 aliphatic heterocycles. The molecule has 0 saturated heterocycles. The molecule has 4 rings (SSSR count). The normalized spacial score (nSPS) is 11.2. The molecule has 1 N–H and O–H groups in total. The number of rotatable bonds is 4. The predicted octanol–water partition coefficient (Wildman–Crippen LogP) is 5.85. The third-order valence-corrected chi connectivity index (χ3v) is 4.52. The van der Waals surface area contributed by atoms with Crippen LogP contribution in [0.4, 0.5) is 5.69 Å². The van der Waals surface area contributed by atoms with Gasteiger partial charge in [-0.3, -0.25) is 9.78 Å². The second-order valence-corrected chi connectivity index (χ2v) is 6.77. The highest BCUT2D eigenvalue weighted by atomic mass is 35.5. The third kappa shape index (κ3) is 4.06. The fraction of sp³-hybridized carbons (Fsp3) is 0. The molecule has 4 aromatic rings. The summed E-state index contributed by atoms with van der Waals surface area (Å²) in [5.41, 5.74) is 3.43. The molecule has 2 aromatic carbocycles. The number of amides is 1. The van der Waals surface area contributed by atoms with Crippen molar-refractivity contribution in [1.82, 2.24) is 9.97 Å². The topological polar surface area (TPSA) is 68.0 Å². The van der Waals surface area contributed by atoms with Crippen LogP contribution in [0.2, 0.25) is 10.0 Å². The summed E-state index contributed by atoms with van der Waals surface area (Å²) >= 11 is 12.0. The second-order valence-electron chi connectivity index (χ2n) is 5.93. The van der Waals surface area contributed by atoms with Crippen molar-refractivity contribution < 1.29 is 9.21 Å². The van der Waals surface area contributed by atoms with Crippen LogP contribution in [0, 0.1) is 0 Å². The zero-order valence-electron chi connectivity index (χ0n) is 14.4. The molecule has 7 heteroatoms. The molecule has 2 heterocycles. The number of halogens is 2. The molecule has 28 heavy (non-hydrogen) atoms. The molecule has 0 bridgehead atoms. The van der Waals surface area contributed by atoms with E-state index in [1.165, 1.54) is 6.08 Å². The summed E-state index contributed by atoms with van der Waals surface area (Å²) in [4.78, 5) is 20.7. The van der Waals surface area contributed by atoms with Crippen molar-refractivity contribution in [3.05, 3.63) is 82.6 Å². The van der Waals surface area contributed by atoms with Gasteiger partial charge in [0.15, 0.2) is 5.58 Å². The van der Waals surface area contributed by atoms with Crippen LogP contribution in [-0.4, -0.2) is 15.9 Å². The van der Waals surface area contributed by atoms with Gasteiger partial charge in [-0.15, -0.1) is 0 Å². The quantitative estimate of drug-likeness (QED) is 0.429. The van der Waals surface area contributed by atoms with E-state index in [2.05, 4.69) is 15.3 Å². The van der Waals surface area contributed by atoms with Crippen LogP contribution in [0.5, 0.6) is 0 Å². The van der Waals surface area contributed by atoms with Gasteiger partial charge in [-0.25, -0.2) is 4.98 Å². The molecular weight excluding hydrogens is 397 g/mol. The number of oxazole rings is 1. The van der Waals surface area contributed by atoms with E-state index in [9.17, 15) is 4.79 Å². The van der Waals surface area contributed by atoms with Crippen LogP contribution in [0.15, 0.2) is 71.4 Å².